The van der Waals surface area contributed by atoms with Gasteiger partial charge in [0.05, 0.1) is 29.1 Å². The third-order valence-electron chi connectivity index (χ3n) is 4.55. The van der Waals surface area contributed by atoms with Crippen molar-refractivity contribution in [1.29, 1.82) is 5.26 Å². The van der Waals surface area contributed by atoms with Gasteiger partial charge in [0.15, 0.2) is 0 Å². The number of aryl methyl sites for hydroxylation is 1. The summed E-state index contributed by atoms with van der Waals surface area (Å²) in [5.74, 6) is -0.102. The number of nitrogens with zero attached hydrogens (tertiary/aromatic N) is 4. The third kappa shape index (κ3) is 3.97. The minimum Gasteiger partial charge on any atom is -0.369 e. The number of aromatic nitrogens is 2. The number of hydrogen-bond acceptors (Lipinski definition) is 4. The van der Waals surface area contributed by atoms with Gasteiger partial charge in [-0.15, -0.1) is 0 Å². The molecule has 0 spiro atoms. The zero-order valence-electron chi connectivity index (χ0n) is 14.1. The van der Waals surface area contributed by atoms with Crippen LogP contribution in [0.1, 0.15) is 28.8 Å². The summed E-state index contributed by atoms with van der Waals surface area (Å²) < 4.78 is 15.7. The highest BCUT2D eigenvalue weighted by Gasteiger charge is 2.22. The van der Waals surface area contributed by atoms with Crippen molar-refractivity contribution in [2.45, 2.75) is 12.8 Å². The van der Waals surface area contributed by atoms with Crippen molar-refractivity contribution >= 4 is 11.6 Å². The van der Waals surface area contributed by atoms with E-state index in [9.17, 15) is 9.18 Å². The van der Waals surface area contributed by atoms with Gasteiger partial charge in [0, 0.05) is 32.9 Å². The first kappa shape index (κ1) is 17.0. The predicted molar refractivity (Wildman–Crippen MR) is 91.6 cm³/mol. The van der Waals surface area contributed by atoms with E-state index in [1.807, 2.05) is 11.0 Å². The van der Waals surface area contributed by atoms with Crippen LogP contribution in [0.5, 0.6) is 0 Å². The van der Waals surface area contributed by atoms with Gasteiger partial charge in [-0.05, 0) is 37.0 Å². The van der Waals surface area contributed by atoms with Crippen LogP contribution in [0.4, 0.5) is 10.1 Å². The molecule has 130 valence electrons. The summed E-state index contributed by atoms with van der Waals surface area (Å²) >= 11 is 0. The molecule has 1 saturated heterocycles. The topological polar surface area (TPSA) is 74.0 Å². The van der Waals surface area contributed by atoms with Crippen LogP contribution in [-0.4, -0.2) is 35.3 Å². The molecule has 1 aromatic carbocycles. The van der Waals surface area contributed by atoms with Gasteiger partial charge in [-0.3, -0.25) is 9.48 Å². The number of halogens is 1. The van der Waals surface area contributed by atoms with Crippen molar-refractivity contribution in [2.24, 2.45) is 13.0 Å². The van der Waals surface area contributed by atoms with Gasteiger partial charge in [-0.25, -0.2) is 4.39 Å². The molecule has 0 atom stereocenters. The highest BCUT2D eigenvalue weighted by Crippen LogP contribution is 2.26. The quantitative estimate of drug-likeness (QED) is 0.924. The summed E-state index contributed by atoms with van der Waals surface area (Å²) in [5, 5.41) is 15.7. The molecular weight excluding hydrogens is 321 g/mol. The van der Waals surface area contributed by atoms with Crippen molar-refractivity contribution in [3.8, 4) is 6.07 Å². The molecule has 0 unspecified atom stereocenters. The molecular formula is C18H20FN5O. The minimum absolute atomic E-state index is 0.117. The Labute approximate surface area is 145 Å². The normalized spacial score (nSPS) is 15.0. The van der Waals surface area contributed by atoms with E-state index in [-0.39, 0.29) is 11.7 Å². The average Bonchev–Trinajstić information content (AvgIpc) is 3.06. The number of carbonyl (C=O) groups is 1. The van der Waals surface area contributed by atoms with E-state index >= 15 is 0 Å². The van der Waals surface area contributed by atoms with Gasteiger partial charge < -0.3 is 10.2 Å². The molecule has 0 saturated carbocycles. The Bertz CT molecular complexity index is 802. The van der Waals surface area contributed by atoms with Gasteiger partial charge >= 0.3 is 0 Å². The van der Waals surface area contributed by atoms with E-state index in [2.05, 4.69) is 10.4 Å². The molecule has 6 nitrogen and oxygen atoms in total. The van der Waals surface area contributed by atoms with Crippen molar-refractivity contribution < 1.29 is 9.18 Å². The van der Waals surface area contributed by atoms with Gasteiger partial charge in [0.1, 0.15) is 5.82 Å². The Morgan fingerprint density at radius 2 is 2.20 bits per heavy atom. The van der Waals surface area contributed by atoms with Crippen LogP contribution in [0, 0.1) is 23.1 Å². The minimum atomic E-state index is -0.359. The second-order valence-corrected chi connectivity index (χ2v) is 6.32. The standard InChI is InChI=1S/C18H20FN5O/c1-23-12-15(11-22-23)18(25)21-10-13-4-6-24(7-5-13)17-3-2-14(9-20)8-16(17)19/h2-3,8,11-13H,4-7,10H2,1H3,(H,21,25). The van der Waals surface area contributed by atoms with Crippen LogP contribution in [-0.2, 0) is 7.05 Å². The Kier molecular flexibility index (Phi) is 4.98. The number of anilines is 1. The molecule has 3 rings (SSSR count). The van der Waals surface area contributed by atoms with Crippen LogP contribution >= 0.6 is 0 Å². The number of nitrogens with one attached hydrogen (secondary N) is 1. The van der Waals surface area contributed by atoms with Gasteiger partial charge in [-0.2, -0.15) is 10.4 Å². The van der Waals surface area contributed by atoms with Crippen molar-refractivity contribution in [1.82, 2.24) is 15.1 Å². The molecule has 25 heavy (non-hydrogen) atoms. The third-order valence-corrected chi connectivity index (χ3v) is 4.55. The second-order valence-electron chi connectivity index (χ2n) is 6.32. The van der Waals surface area contributed by atoms with Crippen molar-refractivity contribution in [2.75, 3.05) is 24.5 Å². The fourth-order valence-corrected chi connectivity index (χ4v) is 3.09. The maximum Gasteiger partial charge on any atom is 0.254 e. The maximum absolute atomic E-state index is 14.1. The van der Waals surface area contributed by atoms with E-state index in [1.54, 1.807) is 36.3 Å². The zero-order chi connectivity index (χ0) is 17.8. The van der Waals surface area contributed by atoms with E-state index < -0.39 is 0 Å². The molecule has 0 bridgehead atoms. The molecule has 1 amide bonds. The molecule has 2 heterocycles. The highest BCUT2D eigenvalue weighted by atomic mass is 19.1. The van der Waals surface area contributed by atoms with E-state index in [0.29, 0.717) is 29.3 Å². The smallest absolute Gasteiger partial charge is 0.254 e. The van der Waals surface area contributed by atoms with Crippen LogP contribution < -0.4 is 10.2 Å². The average molecular weight is 341 g/mol. The van der Waals surface area contributed by atoms with Gasteiger partial charge in [0.25, 0.3) is 5.91 Å². The number of piperidine rings is 1. The molecule has 0 aliphatic carbocycles. The molecule has 7 heteroatoms. The molecule has 0 radical (unpaired) electrons. The van der Waals surface area contributed by atoms with Crippen molar-refractivity contribution in [3.63, 3.8) is 0 Å². The first-order valence-corrected chi connectivity index (χ1v) is 8.28. The lowest BCUT2D eigenvalue weighted by Crippen LogP contribution is -2.39. The SMILES string of the molecule is Cn1cc(C(=O)NCC2CCN(c3ccc(C#N)cc3F)CC2)cn1. The molecule has 1 aromatic heterocycles. The lowest BCUT2D eigenvalue weighted by molar-refractivity contribution is 0.0945. The zero-order valence-corrected chi connectivity index (χ0v) is 14.1. The molecule has 1 fully saturated rings. The first-order chi connectivity index (χ1) is 12.1. The van der Waals surface area contributed by atoms with Gasteiger partial charge in [-0.1, -0.05) is 0 Å². The first-order valence-electron chi connectivity index (χ1n) is 8.28. The maximum atomic E-state index is 14.1. The number of hydrogen-bond donors (Lipinski definition) is 1. The lowest BCUT2D eigenvalue weighted by Gasteiger charge is -2.33. The fraction of sp³-hybridized carbons (Fsp3) is 0.389. The fourth-order valence-electron chi connectivity index (χ4n) is 3.09. The monoisotopic (exact) mass is 341 g/mol. The molecule has 1 aliphatic rings. The molecule has 2 aromatic rings. The van der Waals surface area contributed by atoms with Crippen LogP contribution in [0.3, 0.4) is 0 Å². The predicted octanol–water partition coefficient (Wildman–Crippen LogP) is 2.08. The Hall–Kier alpha value is -2.88. The summed E-state index contributed by atoms with van der Waals surface area (Å²) in [4.78, 5) is 14.0. The number of amides is 1. The summed E-state index contributed by atoms with van der Waals surface area (Å²) in [6.45, 7) is 2.07. The second kappa shape index (κ2) is 7.34. The Balaban J connectivity index is 1.50. The number of rotatable bonds is 4. The van der Waals surface area contributed by atoms with E-state index in [4.69, 9.17) is 5.26 Å². The summed E-state index contributed by atoms with van der Waals surface area (Å²) in [6, 6.07) is 6.52. The van der Waals surface area contributed by atoms with E-state index in [1.165, 1.54) is 6.07 Å². The summed E-state index contributed by atoms with van der Waals surface area (Å²) in [6.07, 6.45) is 5.00. The van der Waals surface area contributed by atoms with Gasteiger partial charge in [0.2, 0.25) is 0 Å². The Morgan fingerprint density at radius 1 is 1.44 bits per heavy atom. The van der Waals surface area contributed by atoms with Crippen LogP contribution in [0.25, 0.3) is 0 Å². The highest BCUT2D eigenvalue weighted by molar-refractivity contribution is 5.93. The number of benzene rings is 1. The number of nitriles is 1. The van der Waals surface area contributed by atoms with Crippen LogP contribution in [0.15, 0.2) is 30.6 Å². The molecule has 1 N–H and O–H groups in total. The largest absolute Gasteiger partial charge is 0.369 e. The van der Waals surface area contributed by atoms with Crippen LogP contribution in [0.2, 0.25) is 0 Å². The lowest BCUT2D eigenvalue weighted by atomic mass is 9.96. The summed E-state index contributed by atoms with van der Waals surface area (Å²) in [7, 11) is 1.77. The molecule has 1 aliphatic heterocycles. The van der Waals surface area contributed by atoms with Crippen molar-refractivity contribution in [3.05, 3.63) is 47.5 Å². The number of carbonyl (C=O) groups excluding carboxylic acids is 1. The Morgan fingerprint density at radius 3 is 2.80 bits per heavy atom. The van der Waals surface area contributed by atoms with E-state index in [0.717, 1.165) is 25.9 Å². The summed E-state index contributed by atoms with van der Waals surface area (Å²) in [5.41, 5.74) is 1.42.